The van der Waals surface area contributed by atoms with Crippen LogP contribution in [0.5, 0.6) is 0 Å². The third-order valence-electron chi connectivity index (χ3n) is 3.88. The number of nitriles is 1. The second-order valence-corrected chi connectivity index (χ2v) is 6.93. The van der Waals surface area contributed by atoms with E-state index in [0.717, 1.165) is 12.8 Å². The van der Waals surface area contributed by atoms with Gasteiger partial charge < -0.3 is 11.1 Å². The lowest BCUT2D eigenvalue weighted by Gasteiger charge is -2.49. The van der Waals surface area contributed by atoms with E-state index in [1.54, 1.807) is 0 Å². The van der Waals surface area contributed by atoms with Crippen molar-refractivity contribution in [2.45, 2.75) is 57.7 Å². The van der Waals surface area contributed by atoms with Gasteiger partial charge in [-0.15, -0.1) is 0 Å². The smallest absolute Gasteiger partial charge is 0.310 e. The molecule has 2 rings (SSSR count). The SMILES string of the molecule is CC1(C)CC(N2CNC(N)=[N+](C#N)C2)CC(C)(C)N1. The van der Waals surface area contributed by atoms with Gasteiger partial charge in [0.1, 0.15) is 13.3 Å². The minimum absolute atomic E-state index is 0.108. The summed E-state index contributed by atoms with van der Waals surface area (Å²) in [5.41, 5.74) is 5.97. The molecule has 6 nitrogen and oxygen atoms in total. The zero-order chi connectivity index (χ0) is 14.3. The Kier molecular flexibility index (Phi) is 3.45. The Balaban J connectivity index is 2.13. The molecular weight excluding hydrogens is 240 g/mol. The van der Waals surface area contributed by atoms with Crippen molar-refractivity contribution in [2.75, 3.05) is 13.3 Å². The maximum Gasteiger partial charge on any atom is 0.327 e. The third-order valence-corrected chi connectivity index (χ3v) is 3.88. The largest absolute Gasteiger partial charge is 0.327 e. The molecule has 2 heterocycles. The fourth-order valence-electron chi connectivity index (χ4n) is 3.44. The van der Waals surface area contributed by atoms with Crippen molar-refractivity contribution < 1.29 is 4.58 Å². The lowest BCUT2D eigenvalue weighted by molar-refractivity contribution is -0.479. The van der Waals surface area contributed by atoms with E-state index in [0.29, 0.717) is 25.3 Å². The minimum atomic E-state index is 0.108. The molecule has 0 spiro atoms. The van der Waals surface area contributed by atoms with Crippen LogP contribution in [0.2, 0.25) is 0 Å². The van der Waals surface area contributed by atoms with E-state index in [1.165, 1.54) is 4.58 Å². The fourth-order valence-corrected chi connectivity index (χ4v) is 3.44. The maximum atomic E-state index is 9.08. The standard InChI is InChI=1S/C13H24N6/c1-12(2)5-10(6-13(3,4)17-12)19-8-16-11(15)18(7-14)9-19/h10,17H,5-6,8-9H2,1-4H3,(H2,15,16)/p+1. The van der Waals surface area contributed by atoms with Crippen LogP contribution in [0.3, 0.4) is 0 Å². The van der Waals surface area contributed by atoms with Crippen molar-refractivity contribution >= 4 is 5.96 Å². The summed E-state index contributed by atoms with van der Waals surface area (Å²) in [6, 6.07) is 0.447. The first-order valence-electron chi connectivity index (χ1n) is 6.79. The fraction of sp³-hybridized carbons (Fsp3) is 0.846. The number of nitrogens with one attached hydrogen (secondary N) is 2. The molecule has 1 saturated heterocycles. The van der Waals surface area contributed by atoms with Gasteiger partial charge in [0.15, 0.2) is 0 Å². The van der Waals surface area contributed by atoms with Crippen LogP contribution < -0.4 is 16.4 Å². The average molecular weight is 265 g/mol. The Bertz CT molecular complexity index is 415. The summed E-state index contributed by atoms with van der Waals surface area (Å²) in [4.78, 5) is 2.30. The summed E-state index contributed by atoms with van der Waals surface area (Å²) >= 11 is 0. The van der Waals surface area contributed by atoms with Gasteiger partial charge in [0, 0.05) is 17.1 Å². The maximum absolute atomic E-state index is 9.08. The average Bonchev–Trinajstić information content (AvgIpc) is 2.25. The summed E-state index contributed by atoms with van der Waals surface area (Å²) in [7, 11) is 0. The first kappa shape index (κ1) is 14.1. The van der Waals surface area contributed by atoms with Crippen LogP contribution in [0.15, 0.2) is 0 Å². The van der Waals surface area contributed by atoms with Crippen LogP contribution in [0.4, 0.5) is 0 Å². The molecule has 19 heavy (non-hydrogen) atoms. The van der Waals surface area contributed by atoms with E-state index in [4.69, 9.17) is 11.0 Å². The van der Waals surface area contributed by atoms with Gasteiger partial charge >= 0.3 is 12.2 Å². The summed E-state index contributed by atoms with van der Waals surface area (Å²) in [6.45, 7) is 10.2. The van der Waals surface area contributed by atoms with Gasteiger partial charge in [-0.1, -0.05) is 0 Å². The van der Waals surface area contributed by atoms with Crippen LogP contribution in [0.1, 0.15) is 40.5 Å². The Labute approximate surface area is 115 Å². The predicted molar refractivity (Wildman–Crippen MR) is 74.1 cm³/mol. The van der Waals surface area contributed by atoms with Crippen molar-refractivity contribution in [1.29, 1.82) is 5.26 Å². The normalized spacial score (nSPS) is 27.7. The number of rotatable bonds is 1. The Morgan fingerprint density at radius 2 is 1.89 bits per heavy atom. The van der Waals surface area contributed by atoms with Crippen LogP contribution in [-0.4, -0.2) is 45.9 Å². The predicted octanol–water partition coefficient (Wildman–Crippen LogP) is -0.0759. The van der Waals surface area contributed by atoms with Crippen molar-refractivity contribution in [3.05, 3.63) is 0 Å². The molecule has 4 N–H and O–H groups in total. The van der Waals surface area contributed by atoms with Gasteiger partial charge in [0.05, 0.1) is 0 Å². The topological polar surface area (TPSA) is 80.1 Å². The van der Waals surface area contributed by atoms with Crippen LogP contribution >= 0.6 is 0 Å². The highest BCUT2D eigenvalue weighted by Gasteiger charge is 2.41. The number of guanidine groups is 1. The molecule has 0 unspecified atom stereocenters. The number of piperidine rings is 1. The lowest BCUT2D eigenvalue weighted by Crippen LogP contribution is -2.65. The van der Waals surface area contributed by atoms with Crippen molar-refractivity contribution in [2.24, 2.45) is 5.73 Å². The molecule has 0 saturated carbocycles. The molecule has 0 amide bonds. The molecule has 1 fully saturated rings. The Morgan fingerprint density at radius 1 is 1.32 bits per heavy atom. The van der Waals surface area contributed by atoms with Crippen molar-refractivity contribution in [3.63, 3.8) is 0 Å². The summed E-state index contributed by atoms with van der Waals surface area (Å²) in [5, 5.41) is 15.8. The highest BCUT2D eigenvalue weighted by atomic mass is 15.4. The van der Waals surface area contributed by atoms with Crippen LogP contribution in [0.25, 0.3) is 0 Å². The first-order valence-corrected chi connectivity index (χ1v) is 6.79. The highest BCUT2D eigenvalue weighted by molar-refractivity contribution is 5.73. The number of nitrogens with zero attached hydrogens (tertiary/aromatic N) is 3. The van der Waals surface area contributed by atoms with Gasteiger partial charge in [-0.2, -0.15) is 4.58 Å². The van der Waals surface area contributed by atoms with Gasteiger partial charge in [0.2, 0.25) is 0 Å². The van der Waals surface area contributed by atoms with E-state index in [9.17, 15) is 0 Å². The molecule has 0 bridgehead atoms. The summed E-state index contributed by atoms with van der Waals surface area (Å²) in [5.74, 6) is 0.450. The number of nitrogens with two attached hydrogens (primary N) is 1. The van der Waals surface area contributed by atoms with E-state index in [-0.39, 0.29) is 11.1 Å². The number of hydrogen-bond donors (Lipinski definition) is 3. The molecule has 0 atom stereocenters. The third kappa shape index (κ3) is 3.17. The lowest BCUT2D eigenvalue weighted by atomic mass is 9.79. The quantitative estimate of drug-likeness (QED) is 0.456. The van der Waals surface area contributed by atoms with E-state index in [2.05, 4.69) is 49.4 Å². The molecule has 106 valence electrons. The van der Waals surface area contributed by atoms with Crippen molar-refractivity contribution in [3.8, 4) is 6.19 Å². The first-order chi connectivity index (χ1) is 8.72. The molecule has 0 aliphatic carbocycles. The molecule has 2 aliphatic rings. The van der Waals surface area contributed by atoms with Gasteiger partial charge in [-0.05, 0) is 45.8 Å². The summed E-state index contributed by atoms with van der Waals surface area (Å²) in [6.07, 6.45) is 4.25. The van der Waals surface area contributed by atoms with E-state index < -0.39 is 0 Å². The van der Waals surface area contributed by atoms with Crippen molar-refractivity contribution in [1.82, 2.24) is 15.5 Å². The molecule has 0 aromatic heterocycles. The molecule has 0 aromatic carbocycles. The second kappa shape index (κ2) is 4.66. The summed E-state index contributed by atoms with van der Waals surface area (Å²) < 4.78 is 1.51. The zero-order valence-electron chi connectivity index (χ0n) is 12.3. The van der Waals surface area contributed by atoms with E-state index in [1.807, 2.05) is 0 Å². The van der Waals surface area contributed by atoms with Gasteiger partial charge in [-0.25, -0.2) is 4.90 Å². The van der Waals surface area contributed by atoms with E-state index >= 15 is 0 Å². The Hall–Kier alpha value is -1.32. The molecule has 0 radical (unpaired) electrons. The number of hydrogen-bond acceptors (Lipinski definition) is 5. The molecule has 2 aliphatic heterocycles. The Morgan fingerprint density at radius 3 is 2.42 bits per heavy atom. The van der Waals surface area contributed by atoms with Gasteiger partial charge in [-0.3, -0.25) is 5.32 Å². The zero-order valence-corrected chi connectivity index (χ0v) is 12.3. The minimum Gasteiger partial charge on any atom is -0.310 e. The van der Waals surface area contributed by atoms with Crippen LogP contribution in [0, 0.1) is 11.5 Å². The second-order valence-electron chi connectivity index (χ2n) is 6.93. The highest BCUT2D eigenvalue weighted by Crippen LogP contribution is 2.31. The molecule has 0 aromatic rings. The molecular formula is C13H25N6+. The van der Waals surface area contributed by atoms with Gasteiger partial charge in [0.25, 0.3) is 0 Å². The monoisotopic (exact) mass is 265 g/mol. The van der Waals surface area contributed by atoms with Crippen LogP contribution in [-0.2, 0) is 0 Å². The molecule has 6 heteroatoms.